The maximum Gasteiger partial charge on any atom is 0.227 e. The summed E-state index contributed by atoms with van der Waals surface area (Å²) in [4.78, 5) is 14.5. The van der Waals surface area contributed by atoms with Gasteiger partial charge in [-0.1, -0.05) is 54.1 Å². The first-order valence-electron chi connectivity index (χ1n) is 8.11. The average molecular weight is 340 g/mol. The van der Waals surface area contributed by atoms with Crippen molar-refractivity contribution in [1.29, 1.82) is 0 Å². The standard InChI is InChI=1S/C19H18ClN3O/c20-17-9-21-23(13-17)12-14-10-22(11-14)19(24)8-16-6-3-5-15-4-1-2-7-18(15)16/h1-7,9,13-14H,8,10-12H2. The van der Waals surface area contributed by atoms with Crippen LogP contribution < -0.4 is 0 Å². The van der Waals surface area contributed by atoms with Crippen molar-refractivity contribution in [3.05, 3.63) is 65.4 Å². The Morgan fingerprint density at radius 1 is 1.17 bits per heavy atom. The number of halogens is 1. The Morgan fingerprint density at radius 2 is 1.96 bits per heavy atom. The molecule has 0 unspecified atom stereocenters. The minimum atomic E-state index is 0.195. The Morgan fingerprint density at radius 3 is 2.75 bits per heavy atom. The van der Waals surface area contributed by atoms with Crippen LogP contribution in [-0.4, -0.2) is 33.7 Å². The van der Waals surface area contributed by atoms with Crippen molar-refractivity contribution in [3.8, 4) is 0 Å². The lowest BCUT2D eigenvalue weighted by atomic mass is 9.97. The zero-order chi connectivity index (χ0) is 16.5. The Labute approximate surface area is 145 Å². The molecule has 3 aromatic rings. The number of carbonyl (C=O) groups excluding carboxylic acids is 1. The summed E-state index contributed by atoms with van der Waals surface area (Å²) in [5.41, 5.74) is 1.10. The van der Waals surface area contributed by atoms with Gasteiger partial charge in [0.2, 0.25) is 5.91 Å². The highest BCUT2D eigenvalue weighted by atomic mass is 35.5. The second-order valence-electron chi connectivity index (χ2n) is 6.36. The van der Waals surface area contributed by atoms with Gasteiger partial charge in [0.15, 0.2) is 0 Å². The number of aromatic nitrogens is 2. The molecule has 0 aliphatic carbocycles. The van der Waals surface area contributed by atoms with E-state index in [1.807, 2.05) is 40.0 Å². The number of hydrogen-bond acceptors (Lipinski definition) is 2. The van der Waals surface area contributed by atoms with Crippen LogP contribution in [0.3, 0.4) is 0 Å². The molecule has 5 heteroatoms. The van der Waals surface area contributed by atoms with E-state index in [0.717, 1.165) is 30.6 Å². The molecule has 1 aliphatic rings. The maximum absolute atomic E-state index is 12.5. The van der Waals surface area contributed by atoms with Gasteiger partial charge in [-0.3, -0.25) is 9.48 Å². The fraction of sp³-hybridized carbons (Fsp3) is 0.263. The molecule has 1 amide bonds. The lowest BCUT2D eigenvalue weighted by molar-refractivity contribution is -0.137. The van der Waals surface area contributed by atoms with Crippen LogP contribution in [0.5, 0.6) is 0 Å². The zero-order valence-corrected chi connectivity index (χ0v) is 14.0. The molecular weight excluding hydrogens is 322 g/mol. The van der Waals surface area contributed by atoms with E-state index >= 15 is 0 Å². The summed E-state index contributed by atoms with van der Waals surface area (Å²) in [6.45, 7) is 2.40. The SMILES string of the molecule is O=C(Cc1cccc2ccccc12)N1CC(Cn2cc(Cl)cn2)C1. The van der Waals surface area contributed by atoms with Crippen molar-refractivity contribution in [2.75, 3.05) is 13.1 Å². The first kappa shape index (κ1) is 15.2. The lowest BCUT2D eigenvalue weighted by Gasteiger charge is -2.39. The van der Waals surface area contributed by atoms with Crippen molar-refractivity contribution in [2.45, 2.75) is 13.0 Å². The van der Waals surface area contributed by atoms with Gasteiger partial charge in [0.05, 0.1) is 17.6 Å². The van der Waals surface area contributed by atoms with Crippen LogP contribution in [0.25, 0.3) is 10.8 Å². The predicted molar refractivity (Wildman–Crippen MR) is 95.0 cm³/mol. The highest BCUT2D eigenvalue weighted by Crippen LogP contribution is 2.23. The van der Waals surface area contributed by atoms with E-state index < -0.39 is 0 Å². The van der Waals surface area contributed by atoms with E-state index in [2.05, 4.69) is 23.3 Å². The molecule has 1 aliphatic heterocycles. The molecule has 0 bridgehead atoms. The Balaban J connectivity index is 1.37. The summed E-state index contributed by atoms with van der Waals surface area (Å²) in [6, 6.07) is 14.4. The third-order valence-electron chi connectivity index (χ3n) is 4.58. The molecule has 4 nitrogen and oxygen atoms in total. The minimum absolute atomic E-state index is 0.195. The molecule has 1 fully saturated rings. The molecule has 1 saturated heterocycles. The van der Waals surface area contributed by atoms with E-state index in [1.54, 1.807) is 6.20 Å². The van der Waals surface area contributed by atoms with Gasteiger partial charge in [-0.2, -0.15) is 5.10 Å². The van der Waals surface area contributed by atoms with Gasteiger partial charge >= 0.3 is 0 Å². The van der Waals surface area contributed by atoms with E-state index in [9.17, 15) is 4.79 Å². The second kappa shape index (κ2) is 6.29. The molecule has 0 spiro atoms. The Kier molecular flexibility index (Phi) is 3.98. The summed E-state index contributed by atoms with van der Waals surface area (Å²) < 4.78 is 1.85. The third-order valence-corrected chi connectivity index (χ3v) is 4.77. The Bertz CT molecular complexity index is 878. The van der Waals surface area contributed by atoms with Crippen LogP contribution in [-0.2, 0) is 17.8 Å². The predicted octanol–water partition coefficient (Wildman–Crippen LogP) is 3.39. The number of carbonyl (C=O) groups is 1. The average Bonchev–Trinajstić information content (AvgIpc) is 2.96. The molecular formula is C19H18ClN3O. The van der Waals surface area contributed by atoms with E-state index in [1.165, 1.54) is 5.39 Å². The highest BCUT2D eigenvalue weighted by Gasteiger charge is 2.30. The maximum atomic E-state index is 12.5. The zero-order valence-electron chi connectivity index (χ0n) is 13.2. The van der Waals surface area contributed by atoms with Crippen LogP contribution in [0.4, 0.5) is 0 Å². The minimum Gasteiger partial charge on any atom is -0.342 e. The lowest BCUT2D eigenvalue weighted by Crippen LogP contribution is -2.51. The normalized spacial score (nSPS) is 14.8. The van der Waals surface area contributed by atoms with E-state index in [0.29, 0.717) is 17.4 Å². The van der Waals surface area contributed by atoms with Gasteiger partial charge in [-0.05, 0) is 16.3 Å². The van der Waals surface area contributed by atoms with Gasteiger partial charge in [0, 0.05) is 31.7 Å². The molecule has 4 rings (SSSR count). The van der Waals surface area contributed by atoms with E-state index in [-0.39, 0.29) is 5.91 Å². The summed E-state index contributed by atoms with van der Waals surface area (Å²) in [5, 5.41) is 7.19. The largest absolute Gasteiger partial charge is 0.342 e. The fourth-order valence-electron chi connectivity index (χ4n) is 3.31. The summed E-state index contributed by atoms with van der Waals surface area (Å²) in [5.74, 6) is 0.651. The Hall–Kier alpha value is -2.33. The molecule has 0 atom stereocenters. The summed E-state index contributed by atoms with van der Waals surface area (Å²) in [6.07, 6.45) is 3.92. The molecule has 0 N–H and O–H groups in total. The number of nitrogens with zero attached hydrogens (tertiary/aromatic N) is 3. The quantitative estimate of drug-likeness (QED) is 0.730. The van der Waals surface area contributed by atoms with Gasteiger partial charge in [0.1, 0.15) is 0 Å². The molecule has 1 aromatic heterocycles. The van der Waals surface area contributed by atoms with Gasteiger partial charge < -0.3 is 4.90 Å². The first-order chi connectivity index (χ1) is 11.7. The molecule has 2 heterocycles. The van der Waals surface area contributed by atoms with Crippen molar-refractivity contribution < 1.29 is 4.79 Å². The number of likely N-dealkylation sites (tertiary alicyclic amines) is 1. The van der Waals surface area contributed by atoms with Gasteiger partial charge in [0.25, 0.3) is 0 Å². The third kappa shape index (κ3) is 3.02. The number of rotatable bonds is 4. The summed E-state index contributed by atoms with van der Waals surface area (Å²) in [7, 11) is 0. The monoisotopic (exact) mass is 339 g/mol. The summed E-state index contributed by atoms with van der Waals surface area (Å²) >= 11 is 5.87. The van der Waals surface area contributed by atoms with Crippen molar-refractivity contribution in [3.63, 3.8) is 0 Å². The highest BCUT2D eigenvalue weighted by molar-refractivity contribution is 6.30. The van der Waals surface area contributed by atoms with Crippen LogP contribution >= 0.6 is 11.6 Å². The van der Waals surface area contributed by atoms with E-state index in [4.69, 9.17) is 11.6 Å². The van der Waals surface area contributed by atoms with Gasteiger partial charge in [-0.25, -0.2) is 0 Å². The topological polar surface area (TPSA) is 38.1 Å². The second-order valence-corrected chi connectivity index (χ2v) is 6.80. The van der Waals surface area contributed by atoms with Crippen molar-refractivity contribution in [2.24, 2.45) is 5.92 Å². The smallest absolute Gasteiger partial charge is 0.227 e. The molecule has 122 valence electrons. The number of hydrogen-bond donors (Lipinski definition) is 0. The first-order valence-corrected chi connectivity index (χ1v) is 8.49. The van der Waals surface area contributed by atoms with Crippen LogP contribution in [0.15, 0.2) is 54.9 Å². The number of fused-ring (bicyclic) bond motifs is 1. The molecule has 0 radical (unpaired) electrons. The van der Waals surface area contributed by atoms with Crippen molar-refractivity contribution >= 4 is 28.3 Å². The fourth-order valence-corrected chi connectivity index (χ4v) is 3.47. The van der Waals surface area contributed by atoms with Gasteiger partial charge in [-0.15, -0.1) is 0 Å². The van der Waals surface area contributed by atoms with Crippen LogP contribution in [0, 0.1) is 5.92 Å². The molecule has 24 heavy (non-hydrogen) atoms. The number of amides is 1. The van der Waals surface area contributed by atoms with Crippen LogP contribution in [0.2, 0.25) is 5.02 Å². The molecule has 0 saturated carbocycles. The number of benzene rings is 2. The molecule has 2 aromatic carbocycles. The van der Waals surface area contributed by atoms with Crippen molar-refractivity contribution in [1.82, 2.24) is 14.7 Å². The van der Waals surface area contributed by atoms with Crippen LogP contribution in [0.1, 0.15) is 5.56 Å².